The van der Waals surface area contributed by atoms with E-state index in [9.17, 15) is 13.2 Å². The molecule has 1 heterocycles. The van der Waals surface area contributed by atoms with E-state index in [-0.39, 0.29) is 21.2 Å². The van der Waals surface area contributed by atoms with Crippen LogP contribution in [0.3, 0.4) is 0 Å². The topological polar surface area (TPSA) is 52.0 Å². The predicted molar refractivity (Wildman–Crippen MR) is 61.4 cm³/mol. The summed E-state index contributed by atoms with van der Waals surface area (Å²) >= 11 is 11.4. The number of nitrogen functional groups attached to an aromatic ring is 1. The van der Waals surface area contributed by atoms with Crippen molar-refractivity contribution < 1.29 is 17.7 Å². The largest absolute Gasteiger partial charge is 0.437 e. The van der Waals surface area contributed by atoms with Crippen molar-refractivity contribution in [2.24, 2.45) is 0 Å². The Kier molecular flexibility index (Phi) is 3.16. The first kappa shape index (κ1) is 13.0. The maximum atomic E-state index is 12.7. The van der Waals surface area contributed by atoms with Crippen molar-refractivity contribution in [3.8, 4) is 11.1 Å². The average Bonchev–Trinajstić information content (AvgIpc) is 2.64. The molecule has 0 radical (unpaired) electrons. The fourth-order valence-corrected chi connectivity index (χ4v) is 1.72. The first-order valence-electron chi connectivity index (χ1n) is 4.58. The SMILES string of the molecule is Nc1onc(C(F)(F)F)c1-c1ccc(Cl)c(Cl)c1. The van der Waals surface area contributed by atoms with Gasteiger partial charge in [-0.1, -0.05) is 34.4 Å². The van der Waals surface area contributed by atoms with Crippen molar-refractivity contribution in [1.29, 1.82) is 0 Å². The zero-order valence-corrected chi connectivity index (χ0v) is 10.1. The Morgan fingerprint density at radius 1 is 1.17 bits per heavy atom. The summed E-state index contributed by atoms with van der Waals surface area (Å²) < 4.78 is 42.4. The van der Waals surface area contributed by atoms with E-state index >= 15 is 0 Å². The number of hydrogen-bond acceptors (Lipinski definition) is 3. The molecule has 8 heteroatoms. The lowest BCUT2D eigenvalue weighted by Crippen LogP contribution is -2.07. The molecule has 2 N–H and O–H groups in total. The highest BCUT2D eigenvalue weighted by Gasteiger charge is 2.39. The lowest BCUT2D eigenvalue weighted by molar-refractivity contribution is -0.142. The summed E-state index contributed by atoms with van der Waals surface area (Å²) in [6, 6.07) is 3.99. The Labute approximate surface area is 109 Å². The number of nitrogens with two attached hydrogens (primary N) is 1. The zero-order chi connectivity index (χ0) is 13.5. The van der Waals surface area contributed by atoms with Crippen molar-refractivity contribution in [3.05, 3.63) is 33.9 Å². The fraction of sp³-hybridized carbons (Fsp3) is 0.100. The van der Waals surface area contributed by atoms with Crippen molar-refractivity contribution in [3.63, 3.8) is 0 Å². The Hall–Kier alpha value is -1.40. The predicted octanol–water partition coefficient (Wildman–Crippen LogP) is 4.25. The molecular formula is C10H5Cl2F3N2O. The summed E-state index contributed by atoms with van der Waals surface area (Å²) in [4.78, 5) is 0. The van der Waals surface area contributed by atoms with Gasteiger partial charge in [0.1, 0.15) is 0 Å². The molecule has 0 amide bonds. The first-order chi connectivity index (χ1) is 8.30. The number of rotatable bonds is 1. The molecule has 2 aromatic rings. The van der Waals surface area contributed by atoms with Crippen molar-refractivity contribution in [2.75, 3.05) is 5.73 Å². The maximum Gasteiger partial charge on any atom is 0.437 e. The van der Waals surface area contributed by atoms with Gasteiger partial charge in [-0.05, 0) is 17.7 Å². The highest BCUT2D eigenvalue weighted by Crippen LogP contribution is 2.40. The van der Waals surface area contributed by atoms with Gasteiger partial charge in [0.25, 0.3) is 0 Å². The van der Waals surface area contributed by atoms with Gasteiger partial charge >= 0.3 is 6.18 Å². The second-order valence-corrected chi connectivity index (χ2v) is 4.21. The molecule has 3 nitrogen and oxygen atoms in total. The molecule has 0 spiro atoms. The standard InChI is InChI=1S/C10H5Cl2F3N2O/c11-5-2-1-4(3-6(5)12)7-8(10(13,14)15)17-18-9(7)16/h1-3H,16H2. The third-order valence-corrected chi connectivity index (χ3v) is 2.93. The van der Waals surface area contributed by atoms with Gasteiger partial charge in [0.15, 0.2) is 5.69 Å². The molecule has 0 fully saturated rings. The molecule has 0 unspecified atom stereocenters. The molecule has 0 aliphatic rings. The van der Waals surface area contributed by atoms with Crippen molar-refractivity contribution in [2.45, 2.75) is 6.18 Å². The highest BCUT2D eigenvalue weighted by atomic mass is 35.5. The molecule has 96 valence electrons. The molecule has 0 saturated carbocycles. The minimum Gasteiger partial charge on any atom is -0.367 e. The third-order valence-electron chi connectivity index (χ3n) is 2.20. The quantitative estimate of drug-likeness (QED) is 0.856. The molecule has 18 heavy (non-hydrogen) atoms. The molecule has 1 aromatic heterocycles. The van der Waals surface area contributed by atoms with Crippen LogP contribution in [0.4, 0.5) is 19.1 Å². The molecule has 2 rings (SSSR count). The summed E-state index contributed by atoms with van der Waals surface area (Å²) in [5, 5.41) is 3.25. The second kappa shape index (κ2) is 4.37. The summed E-state index contributed by atoms with van der Waals surface area (Å²) in [6.45, 7) is 0. The lowest BCUT2D eigenvalue weighted by Gasteiger charge is -2.06. The average molecular weight is 297 g/mol. The summed E-state index contributed by atoms with van der Waals surface area (Å²) in [5.74, 6) is -0.430. The molecule has 0 bridgehead atoms. The second-order valence-electron chi connectivity index (χ2n) is 3.40. The van der Waals surface area contributed by atoms with E-state index in [1.165, 1.54) is 18.2 Å². The smallest absolute Gasteiger partial charge is 0.367 e. The number of anilines is 1. The van der Waals surface area contributed by atoms with Crippen LogP contribution in [0, 0.1) is 0 Å². The van der Waals surface area contributed by atoms with Gasteiger partial charge in [0.2, 0.25) is 5.88 Å². The Morgan fingerprint density at radius 3 is 2.39 bits per heavy atom. The van der Waals surface area contributed by atoms with Crippen LogP contribution in [0.2, 0.25) is 10.0 Å². The fourth-order valence-electron chi connectivity index (χ4n) is 1.43. The van der Waals surface area contributed by atoms with Crippen LogP contribution in [0.1, 0.15) is 5.69 Å². The van der Waals surface area contributed by atoms with Crippen LogP contribution >= 0.6 is 23.2 Å². The van der Waals surface area contributed by atoms with E-state index in [1.807, 2.05) is 0 Å². The van der Waals surface area contributed by atoms with Gasteiger partial charge in [0, 0.05) is 0 Å². The normalized spacial score (nSPS) is 11.8. The minimum absolute atomic E-state index is 0.114. The van der Waals surface area contributed by atoms with Gasteiger partial charge in [-0.3, -0.25) is 0 Å². The van der Waals surface area contributed by atoms with Gasteiger partial charge < -0.3 is 10.3 Å². The number of hydrogen-bond donors (Lipinski definition) is 1. The van der Waals surface area contributed by atoms with E-state index < -0.39 is 17.8 Å². The van der Waals surface area contributed by atoms with Gasteiger partial charge in [-0.15, -0.1) is 0 Å². The van der Waals surface area contributed by atoms with Crippen LogP contribution in [0.25, 0.3) is 11.1 Å². The minimum atomic E-state index is -4.66. The number of alkyl halides is 3. The highest BCUT2D eigenvalue weighted by molar-refractivity contribution is 6.42. The van der Waals surface area contributed by atoms with Gasteiger partial charge in [-0.2, -0.15) is 13.2 Å². The van der Waals surface area contributed by atoms with Crippen molar-refractivity contribution in [1.82, 2.24) is 5.16 Å². The summed E-state index contributed by atoms with van der Waals surface area (Å²) in [7, 11) is 0. The van der Waals surface area contributed by atoms with E-state index in [0.717, 1.165) is 0 Å². The number of nitrogens with zero attached hydrogens (tertiary/aromatic N) is 1. The van der Waals surface area contributed by atoms with Crippen LogP contribution in [-0.2, 0) is 6.18 Å². The Bertz CT molecular complexity index is 595. The Balaban J connectivity index is 2.63. The van der Waals surface area contributed by atoms with Crippen LogP contribution in [0.5, 0.6) is 0 Å². The third kappa shape index (κ3) is 2.26. The number of aromatic nitrogens is 1. The number of benzene rings is 1. The maximum absolute atomic E-state index is 12.7. The van der Waals surface area contributed by atoms with E-state index in [0.29, 0.717) is 0 Å². The van der Waals surface area contributed by atoms with E-state index in [2.05, 4.69) is 9.68 Å². The van der Waals surface area contributed by atoms with Gasteiger partial charge in [-0.25, -0.2) is 0 Å². The molecule has 0 atom stereocenters. The molecular weight excluding hydrogens is 292 g/mol. The monoisotopic (exact) mass is 296 g/mol. The van der Waals surface area contributed by atoms with E-state index in [1.54, 1.807) is 0 Å². The van der Waals surface area contributed by atoms with Crippen LogP contribution in [0.15, 0.2) is 22.7 Å². The lowest BCUT2D eigenvalue weighted by atomic mass is 10.1. The molecule has 0 aliphatic carbocycles. The molecule has 0 aliphatic heterocycles. The van der Waals surface area contributed by atoms with Crippen LogP contribution in [-0.4, -0.2) is 5.16 Å². The summed E-state index contributed by atoms with van der Waals surface area (Å²) in [6.07, 6.45) is -4.66. The molecule has 0 saturated heterocycles. The van der Waals surface area contributed by atoms with Crippen LogP contribution < -0.4 is 5.73 Å². The van der Waals surface area contributed by atoms with E-state index in [4.69, 9.17) is 28.9 Å². The number of halogens is 5. The molecule has 1 aromatic carbocycles. The Morgan fingerprint density at radius 2 is 1.83 bits per heavy atom. The first-order valence-corrected chi connectivity index (χ1v) is 5.34. The van der Waals surface area contributed by atoms with Crippen molar-refractivity contribution >= 4 is 29.1 Å². The zero-order valence-electron chi connectivity index (χ0n) is 8.55. The van der Waals surface area contributed by atoms with Gasteiger partial charge in [0.05, 0.1) is 15.6 Å². The summed E-state index contributed by atoms with van der Waals surface area (Å²) in [5.41, 5.74) is 3.95.